The van der Waals surface area contributed by atoms with E-state index in [2.05, 4.69) is 15.6 Å². The number of amides is 1. The minimum atomic E-state index is -0.00490. The minimum absolute atomic E-state index is 0.00490. The molecule has 1 aromatic heterocycles. The van der Waals surface area contributed by atoms with Crippen LogP contribution in [0.3, 0.4) is 0 Å². The topological polar surface area (TPSA) is 63.1 Å². The summed E-state index contributed by atoms with van der Waals surface area (Å²) in [5, 5.41) is 11.7. The van der Waals surface area contributed by atoms with Gasteiger partial charge in [-0.25, -0.2) is 4.68 Å². The van der Waals surface area contributed by atoms with Crippen LogP contribution in [0.4, 0.5) is 0 Å². The van der Waals surface area contributed by atoms with E-state index in [0.717, 1.165) is 50.3 Å². The van der Waals surface area contributed by atoms with Crippen molar-refractivity contribution < 1.29 is 4.79 Å². The van der Waals surface area contributed by atoms with Gasteiger partial charge in [-0.2, -0.15) is 0 Å². The zero-order valence-electron chi connectivity index (χ0n) is 14.0. The molecule has 6 nitrogen and oxygen atoms in total. The van der Waals surface area contributed by atoms with Crippen LogP contribution in [0, 0.1) is 12.3 Å². The SMILES string of the molecule is Cc1cccc(-n2cc(C(=O)N3CCC4(CCNC4)CC3)nn2)c1. The Hall–Kier alpha value is -2.21. The Morgan fingerprint density at radius 2 is 2.08 bits per heavy atom. The molecule has 0 aliphatic carbocycles. The molecule has 2 saturated heterocycles. The molecule has 1 spiro atoms. The number of aryl methyl sites for hydroxylation is 1. The lowest BCUT2D eigenvalue weighted by Crippen LogP contribution is -2.44. The number of hydrogen-bond donors (Lipinski definition) is 1. The largest absolute Gasteiger partial charge is 0.337 e. The van der Waals surface area contributed by atoms with Crippen LogP contribution in [0.1, 0.15) is 35.3 Å². The smallest absolute Gasteiger partial charge is 0.276 e. The van der Waals surface area contributed by atoms with Crippen molar-refractivity contribution in [2.45, 2.75) is 26.2 Å². The first-order valence-corrected chi connectivity index (χ1v) is 8.65. The summed E-state index contributed by atoms with van der Waals surface area (Å²) in [5.41, 5.74) is 2.92. The third-order valence-corrected chi connectivity index (χ3v) is 5.42. The quantitative estimate of drug-likeness (QED) is 0.914. The lowest BCUT2D eigenvalue weighted by Gasteiger charge is -2.38. The maximum Gasteiger partial charge on any atom is 0.276 e. The highest BCUT2D eigenvalue weighted by Crippen LogP contribution is 2.37. The predicted molar refractivity (Wildman–Crippen MR) is 91.2 cm³/mol. The van der Waals surface area contributed by atoms with Crippen molar-refractivity contribution in [1.29, 1.82) is 0 Å². The van der Waals surface area contributed by atoms with Crippen molar-refractivity contribution in [1.82, 2.24) is 25.2 Å². The van der Waals surface area contributed by atoms with Crippen molar-refractivity contribution in [2.24, 2.45) is 5.41 Å². The zero-order valence-corrected chi connectivity index (χ0v) is 14.0. The molecule has 2 aromatic rings. The van der Waals surface area contributed by atoms with Gasteiger partial charge < -0.3 is 10.2 Å². The maximum atomic E-state index is 12.7. The summed E-state index contributed by atoms with van der Waals surface area (Å²) in [6.07, 6.45) is 5.13. The second kappa shape index (κ2) is 6.02. The number of nitrogens with one attached hydrogen (secondary N) is 1. The molecule has 3 heterocycles. The van der Waals surface area contributed by atoms with Gasteiger partial charge >= 0.3 is 0 Å². The van der Waals surface area contributed by atoms with Crippen LogP contribution in [0.25, 0.3) is 5.69 Å². The molecule has 0 saturated carbocycles. The van der Waals surface area contributed by atoms with Crippen molar-refractivity contribution in [3.63, 3.8) is 0 Å². The number of carbonyl (C=O) groups is 1. The normalized spacial score (nSPS) is 19.8. The Bertz CT molecular complexity index is 737. The third-order valence-electron chi connectivity index (χ3n) is 5.42. The Kier molecular flexibility index (Phi) is 3.84. The fraction of sp³-hybridized carbons (Fsp3) is 0.500. The van der Waals surface area contributed by atoms with Crippen molar-refractivity contribution >= 4 is 5.91 Å². The van der Waals surface area contributed by atoms with Gasteiger partial charge in [-0.15, -0.1) is 5.10 Å². The van der Waals surface area contributed by atoms with E-state index < -0.39 is 0 Å². The Labute approximate surface area is 141 Å². The molecule has 24 heavy (non-hydrogen) atoms. The molecule has 1 aromatic carbocycles. The molecule has 6 heteroatoms. The first-order chi connectivity index (χ1) is 11.7. The first-order valence-electron chi connectivity index (χ1n) is 8.65. The van der Waals surface area contributed by atoms with Gasteiger partial charge in [-0.3, -0.25) is 4.79 Å². The molecular formula is C18H23N5O. The van der Waals surface area contributed by atoms with Crippen LogP contribution in [0.15, 0.2) is 30.5 Å². The summed E-state index contributed by atoms with van der Waals surface area (Å²) < 4.78 is 1.67. The van der Waals surface area contributed by atoms with E-state index in [1.807, 2.05) is 36.1 Å². The summed E-state index contributed by atoms with van der Waals surface area (Å²) in [6, 6.07) is 8.01. The summed E-state index contributed by atoms with van der Waals surface area (Å²) in [5.74, 6) is -0.00490. The van der Waals surface area contributed by atoms with Gasteiger partial charge in [-0.05, 0) is 55.8 Å². The summed E-state index contributed by atoms with van der Waals surface area (Å²) in [6.45, 7) is 5.88. The number of carbonyl (C=O) groups excluding carboxylic acids is 1. The average Bonchev–Trinajstić information content (AvgIpc) is 3.25. The Balaban J connectivity index is 1.46. The maximum absolute atomic E-state index is 12.7. The molecule has 1 N–H and O–H groups in total. The number of piperidine rings is 1. The van der Waals surface area contributed by atoms with Gasteiger partial charge in [0, 0.05) is 19.6 Å². The van der Waals surface area contributed by atoms with E-state index in [-0.39, 0.29) is 5.91 Å². The van der Waals surface area contributed by atoms with Crippen LogP contribution in [0.2, 0.25) is 0 Å². The number of likely N-dealkylation sites (tertiary alicyclic amines) is 1. The highest BCUT2D eigenvalue weighted by Gasteiger charge is 2.38. The van der Waals surface area contributed by atoms with Crippen molar-refractivity contribution in [3.8, 4) is 5.69 Å². The number of nitrogens with zero attached hydrogens (tertiary/aromatic N) is 4. The molecule has 0 radical (unpaired) electrons. The van der Waals surface area contributed by atoms with E-state index >= 15 is 0 Å². The number of benzene rings is 1. The molecule has 126 valence electrons. The lowest BCUT2D eigenvalue weighted by atomic mass is 9.78. The van der Waals surface area contributed by atoms with Crippen LogP contribution >= 0.6 is 0 Å². The van der Waals surface area contributed by atoms with Crippen molar-refractivity contribution in [3.05, 3.63) is 41.7 Å². The van der Waals surface area contributed by atoms with E-state index in [0.29, 0.717) is 11.1 Å². The fourth-order valence-electron chi connectivity index (χ4n) is 3.83. The molecule has 2 aliphatic rings. The number of rotatable bonds is 2. The monoisotopic (exact) mass is 325 g/mol. The second-order valence-electron chi connectivity index (χ2n) is 7.11. The van der Waals surface area contributed by atoms with Crippen molar-refractivity contribution in [2.75, 3.05) is 26.2 Å². The molecule has 2 fully saturated rings. The van der Waals surface area contributed by atoms with Crippen LogP contribution < -0.4 is 5.32 Å². The van der Waals surface area contributed by atoms with Gasteiger partial charge in [0.15, 0.2) is 5.69 Å². The molecular weight excluding hydrogens is 302 g/mol. The summed E-state index contributed by atoms with van der Waals surface area (Å²) >= 11 is 0. The van der Waals surface area contributed by atoms with Crippen LogP contribution in [0.5, 0.6) is 0 Å². The van der Waals surface area contributed by atoms with E-state index in [1.165, 1.54) is 6.42 Å². The Morgan fingerprint density at radius 1 is 1.25 bits per heavy atom. The summed E-state index contributed by atoms with van der Waals surface area (Å²) in [7, 11) is 0. The Morgan fingerprint density at radius 3 is 2.79 bits per heavy atom. The van der Waals surface area contributed by atoms with Gasteiger partial charge in [0.1, 0.15) is 0 Å². The third kappa shape index (κ3) is 2.82. The first kappa shape index (κ1) is 15.3. The molecule has 2 aliphatic heterocycles. The van der Waals surface area contributed by atoms with Crippen LogP contribution in [-0.4, -0.2) is 52.0 Å². The molecule has 0 unspecified atom stereocenters. The minimum Gasteiger partial charge on any atom is -0.337 e. The highest BCUT2D eigenvalue weighted by atomic mass is 16.2. The zero-order chi connectivity index (χ0) is 16.6. The number of aromatic nitrogens is 3. The fourth-order valence-corrected chi connectivity index (χ4v) is 3.83. The van der Waals surface area contributed by atoms with Crippen LogP contribution in [-0.2, 0) is 0 Å². The number of hydrogen-bond acceptors (Lipinski definition) is 4. The predicted octanol–water partition coefficient (Wildman–Crippen LogP) is 1.79. The summed E-state index contributed by atoms with van der Waals surface area (Å²) in [4.78, 5) is 14.6. The van der Waals surface area contributed by atoms with Gasteiger partial charge in [-0.1, -0.05) is 17.3 Å². The standard InChI is InChI=1S/C18H23N5O/c1-14-3-2-4-15(11-14)23-12-16(20-21-23)17(24)22-9-6-18(7-10-22)5-8-19-13-18/h2-4,11-12,19H,5-10,13H2,1H3. The molecule has 1 amide bonds. The highest BCUT2D eigenvalue weighted by molar-refractivity contribution is 5.92. The molecule has 4 rings (SSSR count). The molecule has 0 bridgehead atoms. The average molecular weight is 325 g/mol. The van der Waals surface area contributed by atoms with Gasteiger partial charge in [0.25, 0.3) is 5.91 Å². The molecule has 0 atom stereocenters. The lowest BCUT2D eigenvalue weighted by molar-refractivity contribution is 0.0602. The second-order valence-corrected chi connectivity index (χ2v) is 7.11. The van der Waals surface area contributed by atoms with Gasteiger partial charge in [0.05, 0.1) is 11.9 Å². The van der Waals surface area contributed by atoms with Gasteiger partial charge in [0.2, 0.25) is 0 Å². The van der Waals surface area contributed by atoms with E-state index in [9.17, 15) is 4.79 Å². The van der Waals surface area contributed by atoms with E-state index in [4.69, 9.17) is 0 Å². The van der Waals surface area contributed by atoms with E-state index in [1.54, 1.807) is 10.9 Å².